The van der Waals surface area contributed by atoms with Crippen LogP contribution in [-0.4, -0.2) is 33.4 Å². The molecule has 0 aliphatic rings. The van der Waals surface area contributed by atoms with Crippen LogP contribution in [0, 0.1) is 0 Å². The van der Waals surface area contributed by atoms with Gasteiger partial charge in [-0.2, -0.15) is 23.5 Å². The Kier molecular flexibility index (Phi) is 14.4. The Bertz CT molecular complexity index is 184. The van der Waals surface area contributed by atoms with Crippen molar-refractivity contribution in [1.82, 2.24) is 0 Å². The molecule has 0 radical (unpaired) electrons. The van der Waals surface area contributed by atoms with Crippen LogP contribution in [-0.2, 0) is 9.09 Å². The second kappa shape index (κ2) is 12.9. The fraction of sp³-hybridized carbons (Fsp3) is 1.00. The van der Waals surface area contributed by atoms with Crippen LogP contribution in [0.25, 0.3) is 0 Å². The Balaban J connectivity index is 4.00. The summed E-state index contributed by atoms with van der Waals surface area (Å²) in [6.07, 6.45) is 0. The van der Waals surface area contributed by atoms with Gasteiger partial charge >= 0.3 is 5.77 Å². The predicted octanol–water partition coefficient (Wildman–Crippen LogP) is 5.71. The smallest absolute Gasteiger partial charge is 0.303 e. The van der Waals surface area contributed by atoms with E-state index >= 15 is 0 Å². The molecule has 0 aliphatic heterocycles. The average molecular weight is 353 g/mol. The lowest BCUT2D eigenvalue weighted by Crippen LogP contribution is -1.87. The van der Waals surface area contributed by atoms with Crippen LogP contribution in [0.5, 0.6) is 0 Å². The molecule has 0 saturated heterocycles. The van der Waals surface area contributed by atoms with Crippen LogP contribution in [0.2, 0.25) is 0 Å². The molecule has 17 heavy (non-hydrogen) atoms. The van der Waals surface area contributed by atoms with Crippen molar-refractivity contribution in [1.29, 1.82) is 0 Å². The minimum absolute atomic E-state index is 0.543. The minimum Gasteiger partial charge on any atom is -0.303 e. The molecule has 0 unspecified atom stereocenters. The quantitative estimate of drug-likeness (QED) is 0.252. The minimum atomic E-state index is -2.54. The summed E-state index contributed by atoms with van der Waals surface area (Å²) < 4.78 is 18.1. The van der Waals surface area contributed by atoms with Gasteiger partial charge in [-0.25, -0.2) is 0 Å². The normalized spacial score (nSPS) is 11.9. The zero-order valence-corrected chi connectivity index (χ0v) is 15.5. The zero-order valence-electron chi connectivity index (χ0n) is 10.5. The number of thioether (sulfide) groups is 3. The van der Waals surface area contributed by atoms with E-state index in [4.69, 9.17) is 4.52 Å². The molecule has 0 bridgehead atoms. The number of rotatable bonds is 12. The second-order valence-corrected chi connectivity index (χ2v) is 14.5. The number of hydrogen-bond acceptors (Lipinski definition) is 7. The van der Waals surface area contributed by atoms with Crippen molar-refractivity contribution in [2.45, 2.75) is 20.8 Å². The standard InChI is InChI=1S/C9H21O2PS5/c1-4-13-7-11-12(10,16-8-14-5-2)17-9-15-6-3/h4-9H2,1-3H3. The number of hydrogen-bond donors (Lipinski definition) is 0. The molecule has 0 amide bonds. The molecule has 0 fully saturated rings. The third kappa shape index (κ3) is 11.5. The fourth-order valence-corrected chi connectivity index (χ4v) is 12.9. The van der Waals surface area contributed by atoms with Gasteiger partial charge in [0.15, 0.2) is 0 Å². The van der Waals surface area contributed by atoms with Gasteiger partial charge in [-0.1, -0.05) is 20.8 Å². The molecular weight excluding hydrogens is 331 g/mol. The van der Waals surface area contributed by atoms with Crippen molar-refractivity contribution >= 4 is 63.8 Å². The van der Waals surface area contributed by atoms with E-state index in [0.29, 0.717) is 5.94 Å². The van der Waals surface area contributed by atoms with E-state index in [9.17, 15) is 4.57 Å². The van der Waals surface area contributed by atoms with Crippen molar-refractivity contribution < 1.29 is 9.09 Å². The van der Waals surface area contributed by atoms with Crippen LogP contribution < -0.4 is 0 Å². The maximum absolute atomic E-state index is 12.5. The third-order valence-electron chi connectivity index (χ3n) is 1.49. The summed E-state index contributed by atoms with van der Waals surface area (Å²) in [6.45, 7) is 6.31. The Hall–Kier alpha value is 1.94. The largest absolute Gasteiger partial charge is 0.315 e. The van der Waals surface area contributed by atoms with Gasteiger partial charge in [0.2, 0.25) is 0 Å². The van der Waals surface area contributed by atoms with Gasteiger partial charge < -0.3 is 4.52 Å². The lowest BCUT2D eigenvalue weighted by Gasteiger charge is -2.16. The summed E-state index contributed by atoms with van der Waals surface area (Å²) >= 11 is 8.24. The third-order valence-corrected chi connectivity index (χ3v) is 12.8. The second-order valence-electron chi connectivity index (χ2n) is 2.67. The van der Waals surface area contributed by atoms with Crippen LogP contribution in [0.3, 0.4) is 0 Å². The average Bonchev–Trinajstić information content (AvgIpc) is 2.30. The van der Waals surface area contributed by atoms with Crippen LogP contribution in [0.15, 0.2) is 0 Å². The van der Waals surface area contributed by atoms with E-state index in [1.54, 1.807) is 35.3 Å². The first kappa shape index (κ1) is 18.9. The zero-order chi connectivity index (χ0) is 13.0. The summed E-state index contributed by atoms with van der Waals surface area (Å²) in [5.74, 6) is 1.13. The highest BCUT2D eigenvalue weighted by atomic mass is 33.1. The van der Waals surface area contributed by atoms with E-state index in [-0.39, 0.29) is 0 Å². The van der Waals surface area contributed by atoms with Crippen molar-refractivity contribution in [3.05, 3.63) is 0 Å². The van der Waals surface area contributed by atoms with E-state index in [1.807, 2.05) is 0 Å². The van der Waals surface area contributed by atoms with E-state index in [0.717, 1.165) is 27.4 Å². The molecule has 0 spiro atoms. The van der Waals surface area contributed by atoms with E-state index in [2.05, 4.69) is 20.8 Å². The first-order chi connectivity index (χ1) is 8.18. The predicted molar refractivity (Wildman–Crippen MR) is 92.9 cm³/mol. The maximum Gasteiger partial charge on any atom is 0.315 e. The summed E-state index contributed by atoms with van der Waals surface area (Å²) in [6, 6.07) is 0. The molecule has 104 valence electrons. The Morgan fingerprint density at radius 3 is 1.76 bits per heavy atom. The van der Waals surface area contributed by atoms with Gasteiger partial charge in [-0.15, -0.1) is 11.8 Å². The van der Waals surface area contributed by atoms with Gasteiger partial charge in [-0.05, 0) is 40.0 Å². The first-order valence-electron chi connectivity index (χ1n) is 5.45. The lowest BCUT2D eigenvalue weighted by molar-refractivity contribution is 0.406. The summed E-state index contributed by atoms with van der Waals surface area (Å²) in [7, 11) is 0. The highest BCUT2D eigenvalue weighted by Crippen LogP contribution is 2.71. The summed E-state index contributed by atoms with van der Waals surface area (Å²) in [5.41, 5.74) is 0. The first-order valence-corrected chi connectivity index (χ1v) is 13.7. The molecule has 0 N–H and O–H groups in total. The SMILES string of the molecule is CCSCOP(=O)(SCSCC)SCSCC. The van der Waals surface area contributed by atoms with Gasteiger partial charge in [-0.3, -0.25) is 4.57 Å². The van der Waals surface area contributed by atoms with Crippen molar-refractivity contribution in [3.63, 3.8) is 0 Å². The monoisotopic (exact) mass is 352 g/mol. The lowest BCUT2D eigenvalue weighted by atomic mass is 11.0. The summed E-state index contributed by atoms with van der Waals surface area (Å²) in [4.78, 5) is 0. The van der Waals surface area contributed by atoms with Crippen LogP contribution in [0.1, 0.15) is 20.8 Å². The van der Waals surface area contributed by atoms with Crippen LogP contribution in [0.4, 0.5) is 0 Å². The molecule has 0 heterocycles. The highest BCUT2D eigenvalue weighted by molar-refractivity contribution is 8.90. The van der Waals surface area contributed by atoms with E-state index in [1.165, 1.54) is 22.8 Å². The topological polar surface area (TPSA) is 26.3 Å². The van der Waals surface area contributed by atoms with Gasteiger partial charge in [0.1, 0.15) is 5.94 Å². The van der Waals surface area contributed by atoms with Crippen molar-refractivity contribution in [3.8, 4) is 0 Å². The molecule has 0 atom stereocenters. The molecular formula is C9H21O2PS5. The molecule has 0 saturated carbocycles. The van der Waals surface area contributed by atoms with E-state index < -0.39 is 5.77 Å². The van der Waals surface area contributed by atoms with Gasteiger partial charge in [0.25, 0.3) is 0 Å². The fourth-order valence-electron chi connectivity index (χ4n) is 0.667. The van der Waals surface area contributed by atoms with Crippen molar-refractivity contribution in [2.24, 2.45) is 0 Å². The molecule has 0 rings (SSSR count). The Labute approximate surface area is 126 Å². The molecule has 0 aliphatic carbocycles. The summed E-state index contributed by atoms with van der Waals surface area (Å²) in [5, 5.41) is 1.71. The van der Waals surface area contributed by atoms with Crippen LogP contribution >= 0.6 is 63.8 Å². The Morgan fingerprint density at radius 2 is 1.35 bits per heavy atom. The van der Waals surface area contributed by atoms with Crippen molar-refractivity contribution in [2.75, 3.05) is 33.4 Å². The molecule has 0 aromatic heterocycles. The molecule has 8 heteroatoms. The molecule has 0 aromatic carbocycles. The maximum atomic E-state index is 12.5. The molecule has 2 nitrogen and oxygen atoms in total. The Morgan fingerprint density at radius 1 is 0.882 bits per heavy atom. The molecule has 0 aromatic rings. The van der Waals surface area contributed by atoms with Gasteiger partial charge in [0, 0.05) is 10.2 Å². The highest BCUT2D eigenvalue weighted by Gasteiger charge is 2.24. The van der Waals surface area contributed by atoms with Gasteiger partial charge in [0.05, 0.1) is 0 Å².